The smallest absolute Gasteiger partial charge is 0.326 e. The van der Waals surface area contributed by atoms with E-state index in [1.165, 1.54) is 18.3 Å². The van der Waals surface area contributed by atoms with Gasteiger partial charge < -0.3 is 31.4 Å². The maximum atomic E-state index is 14.4. The number of fused-ring (bicyclic) bond motifs is 5. The number of H-pyrrole nitrogens is 1. The molecule has 1 saturated carbocycles. The molecule has 32 heavy (non-hydrogen) atoms. The predicted octanol–water partition coefficient (Wildman–Crippen LogP) is 2.99. The Hall–Kier alpha value is -3.66. The third kappa shape index (κ3) is 2.90. The van der Waals surface area contributed by atoms with Crippen LogP contribution in [0.3, 0.4) is 0 Å². The van der Waals surface area contributed by atoms with Crippen molar-refractivity contribution >= 4 is 39.3 Å². The molecule has 2 bridgehead atoms. The van der Waals surface area contributed by atoms with Crippen LogP contribution in [0.2, 0.25) is 0 Å². The average molecular weight is 434 g/mol. The fraction of sp³-hybridized carbons (Fsp3) is 0.318. The number of hydrogen-bond acceptors (Lipinski definition) is 8. The highest BCUT2D eigenvalue weighted by molar-refractivity contribution is 6.14. The van der Waals surface area contributed by atoms with Crippen LogP contribution in [0.4, 0.5) is 21.7 Å². The summed E-state index contributed by atoms with van der Waals surface area (Å²) in [6, 6.07) is 7.03. The van der Waals surface area contributed by atoms with Crippen molar-refractivity contribution in [3.8, 4) is 11.8 Å². The van der Waals surface area contributed by atoms with E-state index in [9.17, 15) is 4.39 Å². The summed E-state index contributed by atoms with van der Waals surface area (Å²) in [7, 11) is 1.76. The highest BCUT2D eigenvalue weighted by Crippen LogP contribution is 2.44. The van der Waals surface area contributed by atoms with Crippen LogP contribution in [0.5, 0.6) is 11.8 Å². The number of piperidine rings is 1. The van der Waals surface area contributed by atoms with Gasteiger partial charge in [0.15, 0.2) is 0 Å². The van der Waals surface area contributed by atoms with Gasteiger partial charge in [0.05, 0.1) is 22.8 Å². The van der Waals surface area contributed by atoms with Gasteiger partial charge in [0, 0.05) is 31.1 Å². The van der Waals surface area contributed by atoms with Gasteiger partial charge in [-0.15, -0.1) is 0 Å². The van der Waals surface area contributed by atoms with Crippen molar-refractivity contribution in [3.05, 3.63) is 36.3 Å². The van der Waals surface area contributed by atoms with Gasteiger partial charge in [-0.2, -0.15) is 9.97 Å². The zero-order chi connectivity index (χ0) is 22.0. The number of hydrogen-bond donors (Lipinski definition) is 4. The zero-order valence-electron chi connectivity index (χ0n) is 17.5. The molecule has 4 aromatic rings. The van der Waals surface area contributed by atoms with Crippen LogP contribution in [0, 0.1) is 11.7 Å². The zero-order valence-corrected chi connectivity index (χ0v) is 17.5. The minimum absolute atomic E-state index is 0.184. The van der Waals surface area contributed by atoms with Crippen LogP contribution in [0.1, 0.15) is 12.8 Å². The van der Waals surface area contributed by atoms with E-state index in [1.54, 1.807) is 19.2 Å². The molecule has 3 atom stereocenters. The van der Waals surface area contributed by atoms with Crippen molar-refractivity contribution in [1.29, 1.82) is 0 Å². The highest BCUT2D eigenvalue weighted by atomic mass is 19.1. The molecule has 9 nitrogen and oxygen atoms in total. The molecule has 2 fully saturated rings. The van der Waals surface area contributed by atoms with E-state index < -0.39 is 0 Å². The van der Waals surface area contributed by atoms with Crippen LogP contribution >= 0.6 is 0 Å². The van der Waals surface area contributed by atoms with Gasteiger partial charge >= 0.3 is 6.01 Å². The first-order chi connectivity index (χ1) is 15.5. The molecule has 1 aromatic carbocycles. The maximum Gasteiger partial charge on any atom is 0.326 e. The second-order valence-electron chi connectivity index (χ2n) is 8.53. The predicted molar refractivity (Wildman–Crippen MR) is 121 cm³/mol. The van der Waals surface area contributed by atoms with Gasteiger partial charge in [0.2, 0.25) is 0 Å². The van der Waals surface area contributed by atoms with E-state index in [0.717, 1.165) is 41.5 Å². The minimum atomic E-state index is -0.327. The Labute approximate surface area is 183 Å². The van der Waals surface area contributed by atoms with Crippen molar-refractivity contribution in [2.24, 2.45) is 11.7 Å². The molecular weight excluding hydrogens is 411 g/mol. The molecule has 1 aliphatic heterocycles. The Morgan fingerprint density at radius 2 is 2.12 bits per heavy atom. The number of benzene rings is 1. The van der Waals surface area contributed by atoms with Crippen molar-refractivity contribution in [2.75, 3.05) is 29.5 Å². The Morgan fingerprint density at radius 1 is 1.25 bits per heavy atom. The molecule has 0 spiro atoms. The number of nitrogens with two attached hydrogens (primary N) is 2. The van der Waals surface area contributed by atoms with Gasteiger partial charge in [-0.3, -0.25) is 0 Å². The number of halogens is 1. The summed E-state index contributed by atoms with van der Waals surface area (Å²) in [5.41, 5.74) is 14.0. The normalized spacial score (nSPS) is 22.2. The van der Waals surface area contributed by atoms with E-state index >= 15 is 0 Å². The number of rotatable bonds is 4. The lowest BCUT2D eigenvalue weighted by atomic mass is 10.0. The lowest BCUT2D eigenvalue weighted by molar-refractivity contribution is 0.438. The second-order valence-corrected chi connectivity index (χ2v) is 8.53. The van der Waals surface area contributed by atoms with E-state index in [1.807, 2.05) is 0 Å². The topological polar surface area (TPSA) is 131 Å². The molecule has 0 unspecified atom stereocenters. The molecule has 0 amide bonds. The summed E-state index contributed by atoms with van der Waals surface area (Å²) in [4.78, 5) is 19.0. The van der Waals surface area contributed by atoms with Crippen LogP contribution in [-0.2, 0) is 0 Å². The standard InChI is InChI=1S/C22H23FN8O/c1-26-16-6-11(23)5-14-18-20(28-19(14)16)29-22(32-13-2-3-17(25)27-8-13)30-21(18)31-9-10-4-12(31)7-15(10)24/h2-3,5-6,8,10,12,15,26H,4,7,9,24H2,1H3,(H2,25,27)(H,28,29,30)/t10-,12-,15-/m1/s1. The van der Waals surface area contributed by atoms with Crippen molar-refractivity contribution in [3.63, 3.8) is 0 Å². The average Bonchev–Trinajstić information content (AvgIpc) is 3.46. The highest BCUT2D eigenvalue weighted by Gasteiger charge is 2.44. The number of nitrogen functional groups attached to an aromatic ring is 1. The Balaban J connectivity index is 1.55. The van der Waals surface area contributed by atoms with E-state index in [4.69, 9.17) is 21.2 Å². The van der Waals surface area contributed by atoms with Crippen LogP contribution < -0.4 is 26.4 Å². The molecule has 10 heteroatoms. The first-order valence-corrected chi connectivity index (χ1v) is 10.6. The number of anilines is 3. The van der Waals surface area contributed by atoms with Crippen molar-refractivity contribution < 1.29 is 9.13 Å². The van der Waals surface area contributed by atoms with Gasteiger partial charge in [0.1, 0.15) is 28.8 Å². The summed E-state index contributed by atoms with van der Waals surface area (Å²) < 4.78 is 20.4. The van der Waals surface area contributed by atoms with E-state index in [2.05, 4.69) is 25.2 Å². The Bertz CT molecular complexity index is 1340. The largest absolute Gasteiger partial charge is 0.423 e. The molecule has 2 aliphatic rings. The summed E-state index contributed by atoms with van der Waals surface area (Å²) in [5, 5.41) is 4.56. The molecule has 6 rings (SSSR count). The first-order valence-electron chi connectivity index (χ1n) is 10.6. The van der Waals surface area contributed by atoms with Gasteiger partial charge in [0.25, 0.3) is 0 Å². The number of aromatic nitrogens is 4. The van der Waals surface area contributed by atoms with E-state index in [0.29, 0.717) is 34.9 Å². The lowest BCUT2D eigenvalue weighted by Gasteiger charge is -2.31. The van der Waals surface area contributed by atoms with Gasteiger partial charge in [-0.05, 0) is 43.0 Å². The van der Waals surface area contributed by atoms with Crippen molar-refractivity contribution in [2.45, 2.75) is 24.9 Å². The summed E-state index contributed by atoms with van der Waals surface area (Å²) in [6.45, 7) is 0.807. The van der Waals surface area contributed by atoms with E-state index in [-0.39, 0.29) is 17.9 Å². The van der Waals surface area contributed by atoms with Crippen LogP contribution in [-0.4, -0.2) is 45.6 Å². The number of nitrogens with one attached hydrogen (secondary N) is 2. The first kappa shape index (κ1) is 19.1. The third-order valence-corrected chi connectivity index (χ3v) is 6.59. The van der Waals surface area contributed by atoms with Crippen LogP contribution in [0.25, 0.3) is 21.9 Å². The molecule has 164 valence electrons. The molecule has 1 saturated heterocycles. The van der Waals surface area contributed by atoms with Crippen LogP contribution in [0.15, 0.2) is 30.5 Å². The van der Waals surface area contributed by atoms with Gasteiger partial charge in [-0.1, -0.05) is 0 Å². The lowest BCUT2D eigenvalue weighted by Crippen LogP contribution is -2.41. The molecule has 4 heterocycles. The monoisotopic (exact) mass is 434 g/mol. The SMILES string of the molecule is CNc1cc(F)cc2c1[nH]c1nc(Oc3ccc(N)nc3)nc(N3C[C@H]4C[C@@H]3C[C@H]4N)c12. The quantitative estimate of drug-likeness (QED) is 0.386. The Morgan fingerprint density at radius 3 is 2.81 bits per heavy atom. The number of pyridine rings is 1. The molecule has 1 aliphatic carbocycles. The maximum absolute atomic E-state index is 14.4. The number of ether oxygens (including phenoxy) is 1. The Kier molecular flexibility index (Phi) is 4.12. The minimum Gasteiger partial charge on any atom is -0.423 e. The number of nitrogens with zero attached hydrogens (tertiary/aromatic N) is 4. The summed E-state index contributed by atoms with van der Waals surface area (Å²) >= 11 is 0. The molecule has 3 aromatic heterocycles. The summed E-state index contributed by atoms with van der Waals surface area (Å²) in [6.07, 6.45) is 3.47. The van der Waals surface area contributed by atoms with Crippen molar-refractivity contribution in [1.82, 2.24) is 19.9 Å². The second kappa shape index (κ2) is 6.92. The fourth-order valence-corrected chi connectivity index (χ4v) is 5.09. The number of aromatic amines is 1. The fourth-order valence-electron chi connectivity index (χ4n) is 5.09. The van der Waals surface area contributed by atoms with Gasteiger partial charge in [-0.25, -0.2) is 9.37 Å². The molecular formula is C22H23FN8O. The third-order valence-electron chi connectivity index (χ3n) is 6.59. The molecule has 0 radical (unpaired) electrons. The molecule has 6 N–H and O–H groups in total. The summed E-state index contributed by atoms with van der Waals surface area (Å²) in [5.74, 6) is 1.70.